The summed E-state index contributed by atoms with van der Waals surface area (Å²) in [6, 6.07) is 12.3. The van der Waals surface area contributed by atoms with Crippen molar-refractivity contribution in [2.75, 3.05) is 21.7 Å². The van der Waals surface area contributed by atoms with Crippen molar-refractivity contribution in [1.29, 1.82) is 0 Å². The third kappa shape index (κ3) is 7.49. The Bertz CT molecular complexity index is 1090. The molecule has 0 spiro atoms. The van der Waals surface area contributed by atoms with E-state index in [-0.39, 0.29) is 23.5 Å². The Morgan fingerprint density at radius 3 is 2.26 bits per heavy atom. The van der Waals surface area contributed by atoms with Crippen LogP contribution in [0.2, 0.25) is 0 Å². The fraction of sp³-hybridized carbons (Fsp3) is 0.444. The number of aryl methyl sites for hydroxylation is 3. The van der Waals surface area contributed by atoms with Gasteiger partial charge in [0.05, 0.1) is 0 Å². The zero-order chi connectivity index (χ0) is 25.5. The third-order valence-corrected chi connectivity index (χ3v) is 7.43. The number of hydrogen-bond donors (Lipinski definition) is 2. The molecule has 2 aromatic carbocycles. The fourth-order valence-corrected chi connectivity index (χ4v) is 5.17. The quantitative estimate of drug-likeness (QED) is 0.551. The Labute approximate surface area is 210 Å². The third-order valence-electron chi connectivity index (χ3n) is 6.27. The van der Waals surface area contributed by atoms with Crippen LogP contribution >= 0.6 is 0 Å². The summed E-state index contributed by atoms with van der Waals surface area (Å²) in [6.45, 7) is 7.44. The molecule has 0 radical (unpaired) electrons. The Morgan fingerprint density at radius 1 is 0.971 bits per heavy atom. The fourth-order valence-electron chi connectivity index (χ4n) is 4.29. The SMILES string of the molecule is Cc1ccc(NC(=O)CS(=O)CC(=O)N(c2cc(C)ccc2C)C(C)C(=O)NC2CCCC2)cc1. The highest BCUT2D eigenvalue weighted by Crippen LogP contribution is 2.25. The van der Waals surface area contributed by atoms with Crippen molar-refractivity contribution >= 4 is 39.9 Å². The standard InChI is InChI=1S/C27H35N3O4S/c1-18-10-13-23(14-11-18)28-25(31)16-35(34)17-26(32)30(24-15-19(2)9-12-20(24)3)21(4)27(33)29-22-7-5-6-8-22/h9-15,21-22H,5-8,16-17H2,1-4H3,(H,28,31)(H,29,33). The average molecular weight is 498 g/mol. The van der Waals surface area contributed by atoms with E-state index in [9.17, 15) is 18.6 Å². The van der Waals surface area contributed by atoms with Crippen LogP contribution in [0.1, 0.15) is 49.3 Å². The molecule has 1 aliphatic carbocycles. The zero-order valence-electron chi connectivity index (χ0n) is 20.9. The van der Waals surface area contributed by atoms with Crippen molar-refractivity contribution in [2.24, 2.45) is 0 Å². The van der Waals surface area contributed by atoms with E-state index in [0.717, 1.165) is 42.4 Å². The number of carbonyl (C=O) groups is 3. The second-order valence-electron chi connectivity index (χ2n) is 9.36. The molecule has 1 saturated carbocycles. The Hall–Kier alpha value is -3.00. The van der Waals surface area contributed by atoms with E-state index >= 15 is 0 Å². The number of nitrogens with zero attached hydrogens (tertiary/aromatic N) is 1. The lowest BCUT2D eigenvalue weighted by atomic mass is 10.1. The van der Waals surface area contributed by atoms with Gasteiger partial charge in [0.15, 0.2) is 0 Å². The molecule has 2 aromatic rings. The zero-order valence-corrected chi connectivity index (χ0v) is 21.7. The van der Waals surface area contributed by atoms with Crippen LogP contribution in [0.15, 0.2) is 42.5 Å². The van der Waals surface area contributed by atoms with E-state index in [1.807, 2.05) is 51.1 Å². The number of amides is 3. The van der Waals surface area contributed by atoms with Gasteiger partial charge in [-0.25, -0.2) is 0 Å². The summed E-state index contributed by atoms with van der Waals surface area (Å²) in [5.74, 6) is -1.76. The van der Waals surface area contributed by atoms with E-state index < -0.39 is 28.7 Å². The van der Waals surface area contributed by atoms with Gasteiger partial charge in [0.1, 0.15) is 17.5 Å². The number of carbonyl (C=O) groups excluding carboxylic acids is 3. The molecule has 0 bridgehead atoms. The summed E-state index contributed by atoms with van der Waals surface area (Å²) in [5.41, 5.74) is 4.08. The van der Waals surface area contributed by atoms with E-state index in [2.05, 4.69) is 10.6 Å². The Kier molecular flexibility index (Phi) is 9.20. The van der Waals surface area contributed by atoms with E-state index in [0.29, 0.717) is 11.4 Å². The predicted molar refractivity (Wildman–Crippen MR) is 141 cm³/mol. The number of rotatable bonds is 9. The van der Waals surface area contributed by atoms with Gasteiger partial charge in [-0.1, -0.05) is 42.7 Å². The van der Waals surface area contributed by atoms with Crippen molar-refractivity contribution in [1.82, 2.24) is 5.32 Å². The molecule has 2 N–H and O–H groups in total. The average Bonchev–Trinajstić information content (AvgIpc) is 3.30. The first-order chi connectivity index (χ1) is 16.6. The molecule has 35 heavy (non-hydrogen) atoms. The van der Waals surface area contributed by atoms with E-state index in [1.165, 1.54) is 4.90 Å². The molecule has 2 unspecified atom stereocenters. The molecule has 1 aliphatic rings. The van der Waals surface area contributed by atoms with Crippen LogP contribution in [0, 0.1) is 20.8 Å². The molecule has 0 aliphatic heterocycles. The molecule has 3 rings (SSSR count). The van der Waals surface area contributed by atoms with Gasteiger partial charge in [0.25, 0.3) is 0 Å². The highest BCUT2D eigenvalue weighted by atomic mass is 32.2. The maximum Gasteiger partial charge on any atom is 0.243 e. The summed E-state index contributed by atoms with van der Waals surface area (Å²) in [4.78, 5) is 40.3. The number of nitrogens with one attached hydrogen (secondary N) is 2. The van der Waals surface area contributed by atoms with Gasteiger partial charge >= 0.3 is 0 Å². The minimum Gasteiger partial charge on any atom is -0.352 e. The van der Waals surface area contributed by atoms with Crippen molar-refractivity contribution in [3.05, 3.63) is 59.2 Å². The van der Waals surface area contributed by atoms with Gasteiger partial charge < -0.3 is 10.6 Å². The Morgan fingerprint density at radius 2 is 1.60 bits per heavy atom. The summed E-state index contributed by atoms with van der Waals surface area (Å²) < 4.78 is 12.8. The summed E-state index contributed by atoms with van der Waals surface area (Å²) in [7, 11) is -1.73. The van der Waals surface area contributed by atoms with Crippen LogP contribution in [0.4, 0.5) is 11.4 Å². The minimum atomic E-state index is -1.73. The van der Waals surface area contributed by atoms with Gasteiger partial charge in [-0.05, 0) is 69.9 Å². The maximum atomic E-state index is 13.4. The lowest BCUT2D eigenvalue weighted by Gasteiger charge is -2.31. The first-order valence-electron chi connectivity index (χ1n) is 12.0. The number of hydrogen-bond acceptors (Lipinski definition) is 4. The summed E-state index contributed by atoms with van der Waals surface area (Å²) >= 11 is 0. The van der Waals surface area contributed by atoms with Gasteiger partial charge in [-0.2, -0.15) is 0 Å². The van der Waals surface area contributed by atoms with Crippen LogP contribution in [-0.4, -0.2) is 45.5 Å². The van der Waals surface area contributed by atoms with E-state index in [4.69, 9.17) is 0 Å². The predicted octanol–water partition coefficient (Wildman–Crippen LogP) is 3.78. The molecule has 0 heterocycles. The molecule has 3 amide bonds. The van der Waals surface area contributed by atoms with Crippen molar-refractivity contribution in [3.8, 4) is 0 Å². The largest absolute Gasteiger partial charge is 0.352 e. The molecule has 8 heteroatoms. The first kappa shape index (κ1) is 26.6. The van der Waals surface area contributed by atoms with Crippen LogP contribution < -0.4 is 15.5 Å². The van der Waals surface area contributed by atoms with Crippen LogP contribution in [0.3, 0.4) is 0 Å². The van der Waals surface area contributed by atoms with Crippen molar-refractivity contribution < 1.29 is 18.6 Å². The highest BCUT2D eigenvalue weighted by molar-refractivity contribution is 7.86. The Balaban J connectivity index is 1.72. The summed E-state index contributed by atoms with van der Waals surface area (Å²) in [6.07, 6.45) is 4.05. The molecule has 1 fully saturated rings. The van der Waals surface area contributed by atoms with Crippen molar-refractivity contribution in [3.63, 3.8) is 0 Å². The molecule has 0 saturated heterocycles. The second kappa shape index (κ2) is 12.1. The molecule has 7 nitrogen and oxygen atoms in total. The van der Waals surface area contributed by atoms with Crippen LogP contribution in [0.5, 0.6) is 0 Å². The normalized spacial score (nSPS) is 15.3. The molecular weight excluding hydrogens is 462 g/mol. The molecule has 188 valence electrons. The maximum absolute atomic E-state index is 13.4. The highest BCUT2D eigenvalue weighted by Gasteiger charge is 2.31. The smallest absolute Gasteiger partial charge is 0.243 e. The van der Waals surface area contributed by atoms with Gasteiger partial charge in [0.2, 0.25) is 17.7 Å². The van der Waals surface area contributed by atoms with Gasteiger partial charge in [-0.15, -0.1) is 0 Å². The molecular formula is C27H35N3O4S. The second-order valence-corrected chi connectivity index (χ2v) is 10.8. The minimum absolute atomic E-state index is 0.125. The van der Waals surface area contributed by atoms with E-state index in [1.54, 1.807) is 19.1 Å². The van der Waals surface area contributed by atoms with Gasteiger partial charge in [0, 0.05) is 28.2 Å². The number of anilines is 2. The monoisotopic (exact) mass is 497 g/mol. The first-order valence-corrected chi connectivity index (χ1v) is 13.5. The topological polar surface area (TPSA) is 95.6 Å². The molecule has 0 aromatic heterocycles. The lowest BCUT2D eigenvalue weighted by Crippen LogP contribution is -2.51. The van der Waals surface area contributed by atoms with Gasteiger partial charge in [-0.3, -0.25) is 23.5 Å². The van der Waals surface area contributed by atoms with Crippen LogP contribution in [0.25, 0.3) is 0 Å². The molecule has 2 atom stereocenters. The van der Waals surface area contributed by atoms with Crippen molar-refractivity contribution in [2.45, 2.75) is 65.5 Å². The van der Waals surface area contributed by atoms with Crippen LogP contribution in [-0.2, 0) is 25.2 Å². The summed E-state index contributed by atoms with van der Waals surface area (Å²) in [5, 5.41) is 5.77. The number of benzene rings is 2. The lowest BCUT2D eigenvalue weighted by molar-refractivity contribution is -0.125.